The predicted octanol–water partition coefficient (Wildman–Crippen LogP) is 2.66. The maximum atomic E-state index is 10.7. The summed E-state index contributed by atoms with van der Waals surface area (Å²) in [5.41, 5.74) is 1.89. The Morgan fingerprint density at radius 3 is 2.94 bits per heavy atom. The first-order valence-electron chi connectivity index (χ1n) is 5.60. The first-order valence-corrected chi connectivity index (χ1v) is 5.60. The van der Waals surface area contributed by atoms with Gasteiger partial charge in [0.15, 0.2) is 0 Å². The van der Waals surface area contributed by atoms with E-state index < -0.39 is 5.97 Å². The van der Waals surface area contributed by atoms with Gasteiger partial charge in [0.1, 0.15) is 0 Å². The molecule has 0 spiro atoms. The van der Waals surface area contributed by atoms with E-state index >= 15 is 0 Å². The first-order chi connectivity index (χ1) is 8.54. The Kier molecular flexibility index (Phi) is 5.27. The summed E-state index contributed by atoms with van der Waals surface area (Å²) in [5.74, 6) is -1.04. The number of aliphatic carboxylic acids is 1. The van der Waals surface area contributed by atoms with E-state index in [0.29, 0.717) is 6.42 Å². The molecule has 0 saturated heterocycles. The lowest BCUT2D eigenvalue weighted by molar-refractivity contribution is -0.133. The number of aryl methyl sites for hydroxylation is 1. The van der Waals surface area contributed by atoms with E-state index in [9.17, 15) is 4.79 Å². The third kappa shape index (κ3) is 4.14. The highest BCUT2D eigenvalue weighted by atomic mass is 16.5. The zero-order valence-corrected chi connectivity index (χ0v) is 10.4. The molecule has 1 N–H and O–H groups in total. The molecule has 0 aliphatic heterocycles. The standard InChI is InChI=1S/C14H17NO3/c1-4-5-13(18-9-10(2)14(16)17)12-6-7-15-11(3)8-12/h4,6-8,13H,1-2,5,9H2,3H3,(H,16,17). The number of carbonyl (C=O) groups is 1. The Hall–Kier alpha value is -1.94. The summed E-state index contributed by atoms with van der Waals surface area (Å²) in [5, 5.41) is 8.73. The average Bonchev–Trinajstić information content (AvgIpc) is 2.33. The largest absolute Gasteiger partial charge is 0.478 e. The van der Waals surface area contributed by atoms with Gasteiger partial charge in [0, 0.05) is 11.9 Å². The number of aromatic nitrogens is 1. The van der Waals surface area contributed by atoms with Gasteiger partial charge in [-0.3, -0.25) is 4.98 Å². The molecular weight excluding hydrogens is 230 g/mol. The molecule has 0 bridgehead atoms. The molecule has 18 heavy (non-hydrogen) atoms. The number of rotatable bonds is 7. The molecule has 1 aromatic rings. The number of hydrogen-bond acceptors (Lipinski definition) is 3. The van der Waals surface area contributed by atoms with E-state index in [1.165, 1.54) is 0 Å². The van der Waals surface area contributed by atoms with Gasteiger partial charge in [0.25, 0.3) is 0 Å². The topological polar surface area (TPSA) is 59.4 Å². The summed E-state index contributed by atoms with van der Waals surface area (Å²) >= 11 is 0. The summed E-state index contributed by atoms with van der Waals surface area (Å²) < 4.78 is 5.57. The van der Waals surface area contributed by atoms with E-state index in [4.69, 9.17) is 9.84 Å². The second-order valence-corrected chi connectivity index (χ2v) is 3.96. The third-order valence-corrected chi connectivity index (χ3v) is 2.43. The molecule has 0 saturated carbocycles. The first kappa shape index (κ1) is 14.1. The Morgan fingerprint density at radius 2 is 2.39 bits per heavy atom. The SMILES string of the molecule is C=CCC(OCC(=C)C(=O)O)c1ccnc(C)c1. The van der Waals surface area contributed by atoms with Crippen molar-refractivity contribution in [3.8, 4) is 0 Å². The van der Waals surface area contributed by atoms with Crippen molar-refractivity contribution in [2.45, 2.75) is 19.4 Å². The molecular formula is C14H17NO3. The smallest absolute Gasteiger partial charge is 0.333 e. The van der Waals surface area contributed by atoms with Crippen LogP contribution in [-0.2, 0) is 9.53 Å². The van der Waals surface area contributed by atoms with E-state index in [0.717, 1.165) is 11.3 Å². The van der Waals surface area contributed by atoms with Crippen LogP contribution in [-0.4, -0.2) is 22.7 Å². The lowest BCUT2D eigenvalue weighted by Crippen LogP contribution is -2.11. The molecule has 0 aliphatic rings. The maximum Gasteiger partial charge on any atom is 0.333 e. The van der Waals surface area contributed by atoms with Crippen LogP contribution in [0.25, 0.3) is 0 Å². The van der Waals surface area contributed by atoms with Crippen LogP contribution in [0.3, 0.4) is 0 Å². The highest BCUT2D eigenvalue weighted by Crippen LogP contribution is 2.22. The van der Waals surface area contributed by atoms with Crippen LogP contribution in [0.15, 0.2) is 43.1 Å². The van der Waals surface area contributed by atoms with Gasteiger partial charge in [-0.25, -0.2) is 4.79 Å². The maximum absolute atomic E-state index is 10.7. The van der Waals surface area contributed by atoms with Crippen LogP contribution >= 0.6 is 0 Å². The molecule has 4 heteroatoms. The number of pyridine rings is 1. The number of carboxylic acids is 1. The van der Waals surface area contributed by atoms with Crippen molar-refractivity contribution in [3.63, 3.8) is 0 Å². The van der Waals surface area contributed by atoms with E-state index in [1.807, 2.05) is 19.1 Å². The van der Waals surface area contributed by atoms with Crippen LogP contribution in [0.4, 0.5) is 0 Å². The Bertz CT molecular complexity index is 454. The van der Waals surface area contributed by atoms with Gasteiger partial charge < -0.3 is 9.84 Å². The minimum Gasteiger partial charge on any atom is -0.478 e. The van der Waals surface area contributed by atoms with Gasteiger partial charge in [0.05, 0.1) is 18.3 Å². The molecule has 0 radical (unpaired) electrons. The van der Waals surface area contributed by atoms with Gasteiger partial charge in [0.2, 0.25) is 0 Å². The molecule has 1 unspecified atom stereocenters. The molecule has 0 aliphatic carbocycles. The highest BCUT2D eigenvalue weighted by molar-refractivity contribution is 5.85. The molecule has 1 aromatic heterocycles. The van der Waals surface area contributed by atoms with Crippen molar-refractivity contribution >= 4 is 5.97 Å². The van der Waals surface area contributed by atoms with Crippen LogP contribution in [0.1, 0.15) is 23.8 Å². The summed E-state index contributed by atoms with van der Waals surface area (Å²) in [4.78, 5) is 14.8. The molecule has 0 amide bonds. The van der Waals surface area contributed by atoms with Gasteiger partial charge in [-0.15, -0.1) is 6.58 Å². The fraction of sp³-hybridized carbons (Fsp3) is 0.286. The van der Waals surface area contributed by atoms with E-state index in [1.54, 1.807) is 12.3 Å². The highest BCUT2D eigenvalue weighted by Gasteiger charge is 2.13. The minimum atomic E-state index is -1.04. The summed E-state index contributed by atoms with van der Waals surface area (Å²) in [6.45, 7) is 9.00. The zero-order chi connectivity index (χ0) is 13.5. The second kappa shape index (κ2) is 6.71. The average molecular weight is 247 g/mol. The second-order valence-electron chi connectivity index (χ2n) is 3.96. The van der Waals surface area contributed by atoms with Crippen LogP contribution in [0.5, 0.6) is 0 Å². The molecule has 0 fully saturated rings. The normalized spacial score (nSPS) is 11.8. The van der Waals surface area contributed by atoms with Crippen molar-refractivity contribution in [1.29, 1.82) is 0 Å². The molecule has 1 rings (SSSR count). The lowest BCUT2D eigenvalue weighted by Gasteiger charge is -2.17. The monoisotopic (exact) mass is 247 g/mol. The van der Waals surface area contributed by atoms with Crippen LogP contribution in [0, 0.1) is 6.92 Å². The van der Waals surface area contributed by atoms with Gasteiger partial charge in [-0.05, 0) is 31.0 Å². The van der Waals surface area contributed by atoms with Crippen molar-refractivity contribution in [2.24, 2.45) is 0 Å². The number of nitrogens with zero attached hydrogens (tertiary/aromatic N) is 1. The summed E-state index contributed by atoms with van der Waals surface area (Å²) in [6.07, 6.45) is 3.83. The summed E-state index contributed by atoms with van der Waals surface area (Å²) in [7, 11) is 0. The number of ether oxygens (including phenoxy) is 1. The van der Waals surface area contributed by atoms with Crippen molar-refractivity contribution in [2.75, 3.05) is 6.61 Å². The van der Waals surface area contributed by atoms with E-state index in [2.05, 4.69) is 18.1 Å². The van der Waals surface area contributed by atoms with Crippen molar-refractivity contribution < 1.29 is 14.6 Å². The van der Waals surface area contributed by atoms with Crippen molar-refractivity contribution in [1.82, 2.24) is 4.98 Å². The van der Waals surface area contributed by atoms with Crippen LogP contribution in [0.2, 0.25) is 0 Å². The molecule has 4 nitrogen and oxygen atoms in total. The molecule has 0 aromatic carbocycles. The molecule has 1 heterocycles. The van der Waals surface area contributed by atoms with E-state index in [-0.39, 0.29) is 18.3 Å². The third-order valence-electron chi connectivity index (χ3n) is 2.43. The van der Waals surface area contributed by atoms with Gasteiger partial charge in [-0.2, -0.15) is 0 Å². The number of hydrogen-bond donors (Lipinski definition) is 1. The Balaban J connectivity index is 2.74. The Morgan fingerprint density at radius 1 is 1.67 bits per heavy atom. The Labute approximate surface area is 107 Å². The number of carboxylic acid groups (broad SMARTS) is 1. The fourth-order valence-electron chi connectivity index (χ4n) is 1.48. The lowest BCUT2D eigenvalue weighted by atomic mass is 10.1. The fourth-order valence-corrected chi connectivity index (χ4v) is 1.48. The predicted molar refractivity (Wildman–Crippen MR) is 69.3 cm³/mol. The quantitative estimate of drug-likeness (QED) is 0.594. The molecule has 96 valence electrons. The van der Waals surface area contributed by atoms with Crippen LogP contribution < -0.4 is 0 Å². The molecule has 1 atom stereocenters. The van der Waals surface area contributed by atoms with Gasteiger partial charge in [-0.1, -0.05) is 12.7 Å². The summed E-state index contributed by atoms with van der Waals surface area (Å²) in [6, 6.07) is 3.77. The minimum absolute atomic E-state index is 0.00475. The van der Waals surface area contributed by atoms with Crippen molar-refractivity contribution in [3.05, 3.63) is 54.4 Å². The zero-order valence-electron chi connectivity index (χ0n) is 10.4. The van der Waals surface area contributed by atoms with Gasteiger partial charge >= 0.3 is 5.97 Å².